The third-order valence-corrected chi connectivity index (χ3v) is 5.92. The molecule has 0 unspecified atom stereocenters. The van der Waals surface area contributed by atoms with Gasteiger partial charge in [-0.3, -0.25) is 14.5 Å². The van der Waals surface area contributed by atoms with Gasteiger partial charge in [0.2, 0.25) is 5.91 Å². The Bertz CT molecular complexity index is 1110. The summed E-state index contributed by atoms with van der Waals surface area (Å²) in [6, 6.07) is 9.82. The number of alkyl halides is 3. The topological polar surface area (TPSA) is 55.8 Å². The monoisotopic (exact) mass is 445 g/mol. The number of carbonyl (C=O) groups excluding carboxylic acids is 2. The van der Waals surface area contributed by atoms with E-state index in [1.807, 2.05) is 0 Å². The molecule has 2 aromatic carbocycles. The van der Waals surface area contributed by atoms with Crippen LogP contribution >= 0.6 is 0 Å². The normalized spacial score (nSPS) is 19.2. The number of allylic oxidation sites excluding steroid dienone is 2. The highest BCUT2D eigenvalue weighted by Crippen LogP contribution is 2.46. The molecular weight excluding hydrogens is 423 g/mol. The fraction of sp³-hybridized carbons (Fsp3) is 0.333. The molecule has 0 aromatic heterocycles. The third-order valence-electron chi connectivity index (χ3n) is 5.92. The Kier molecular flexibility index (Phi) is 5.71. The molecule has 8 heteroatoms. The van der Waals surface area contributed by atoms with Crippen LogP contribution in [0, 0.1) is 0 Å². The van der Waals surface area contributed by atoms with Gasteiger partial charge in [0.1, 0.15) is 11.5 Å². The number of Topliss-reactive ketones (excluding diaryl/α,β-unsaturated/α-hetero) is 1. The van der Waals surface area contributed by atoms with Gasteiger partial charge in [0.15, 0.2) is 5.78 Å². The first-order valence-electron chi connectivity index (χ1n) is 10.2. The number of benzene rings is 2. The molecule has 2 aliphatic rings. The Morgan fingerprint density at radius 3 is 2.47 bits per heavy atom. The number of methoxy groups -OCH3 is 2. The molecule has 1 heterocycles. The molecule has 168 valence electrons. The molecule has 1 aliphatic carbocycles. The standard InChI is InChI=1S/C24H22F3NO4/c1-31-16-9-10-21(32-2)17(12-16)18-13-22(30)28(19-7-4-8-20(29)23(18)19)15-6-3-5-14(11-15)24(25,26)27/h3,5-6,9-12,18H,4,7-8,13H2,1-2H3/t18-/m0/s1. The maximum atomic E-state index is 13.3. The van der Waals surface area contributed by atoms with Gasteiger partial charge in [0, 0.05) is 41.3 Å². The van der Waals surface area contributed by atoms with Crippen LogP contribution in [0.3, 0.4) is 0 Å². The van der Waals surface area contributed by atoms with Crippen LogP contribution < -0.4 is 14.4 Å². The molecule has 0 spiro atoms. The van der Waals surface area contributed by atoms with Crippen LogP contribution in [0.1, 0.15) is 42.7 Å². The third kappa shape index (κ3) is 3.85. The first kappa shape index (κ1) is 21.9. The average Bonchev–Trinajstić information content (AvgIpc) is 2.77. The lowest BCUT2D eigenvalue weighted by Gasteiger charge is -2.38. The predicted octanol–water partition coefficient (Wildman–Crippen LogP) is 5.25. The highest BCUT2D eigenvalue weighted by Gasteiger charge is 2.41. The number of nitrogens with zero attached hydrogens (tertiary/aromatic N) is 1. The molecule has 0 N–H and O–H groups in total. The fourth-order valence-electron chi connectivity index (χ4n) is 4.49. The molecule has 4 rings (SSSR count). The Morgan fingerprint density at radius 2 is 1.78 bits per heavy atom. The van der Waals surface area contributed by atoms with Gasteiger partial charge in [0.05, 0.1) is 19.8 Å². The van der Waals surface area contributed by atoms with Gasteiger partial charge in [-0.2, -0.15) is 13.2 Å². The summed E-state index contributed by atoms with van der Waals surface area (Å²) in [6.07, 6.45) is -3.32. The zero-order chi connectivity index (χ0) is 23.0. The molecule has 32 heavy (non-hydrogen) atoms. The molecule has 1 amide bonds. The number of anilines is 1. The van der Waals surface area contributed by atoms with Crippen molar-refractivity contribution in [3.63, 3.8) is 0 Å². The number of amides is 1. The van der Waals surface area contributed by atoms with Gasteiger partial charge in [-0.25, -0.2) is 0 Å². The molecule has 1 atom stereocenters. The molecule has 1 aliphatic heterocycles. The van der Waals surface area contributed by atoms with Gasteiger partial charge < -0.3 is 9.47 Å². The number of ether oxygens (including phenoxy) is 2. The van der Waals surface area contributed by atoms with Gasteiger partial charge in [-0.1, -0.05) is 6.07 Å². The Labute approximate surface area is 183 Å². The van der Waals surface area contributed by atoms with E-state index in [2.05, 4.69) is 0 Å². The Hall–Kier alpha value is -3.29. The minimum atomic E-state index is -4.54. The van der Waals surface area contributed by atoms with Crippen molar-refractivity contribution < 1.29 is 32.2 Å². The second-order valence-electron chi connectivity index (χ2n) is 7.78. The Balaban J connectivity index is 1.88. The van der Waals surface area contributed by atoms with Gasteiger partial charge >= 0.3 is 6.18 Å². The van der Waals surface area contributed by atoms with Crippen molar-refractivity contribution >= 4 is 17.4 Å². The summed E-state index contributed by atoms with van der Waals surface area (Å²) in [5.41, 5.74) is 0.838. The van der Waals surface area contributed by atoms with E-state index in [0.717, 1.165) is 12.1 Å². The maximum absolute atomic E-state index is 13.3. The van der Waals surface area contributed by atoms with Crippen molar-refractivity contribution in [2.75, 3.05) is 19.1 Å². The average molecular weight is 445 g/mol. The maximum Gasteiger partial charge on any atom is 0.416 e. The van der Waals surface area contributed by atoms with Crippen LogP contribution in [0.25, 0.3) is 0 Å². The lowest BCUT2D eigenvalue weighted by Crippen LogP contribution is -2.40. The SMILES string of the molecule is COc1ccc(OC)c([C@@H]2CC(=O)N(c3cccc(C(F)(F)F)c3)C3=C2C(=O)CCC3)c1. The van der Waals surface area contributed by atoms with Crippen LogP contribution in [0.4, 0.5) is 18.9 Å². The molecule has 0 radical (unpaired) electrons. The second kappa shape index (κ2) is 8.33. The molecular formula is C24H22F3NO4. The van der Waals surface area contributed by atoms with E-state index in [1.54, 1.807) is 18.2 Å². The van der Waals surface area contributed by atoms with Crippen LogP contribution in [-0.4, -0.2) is 25.9 Å². The van der Waals surface area contributed by atoms with Crippen molar-refractivity contribution in [2.24, 2.45) is 0 Å². The highest BCUT2D eigenvalue weighted by atomic mass is 19.4. The van der Waals surface area contributed by atoms with Crippen molar-refractivity contribution in [1.82, 2.24) is 0 Å². The van der Waals surface area contributed by atoms with Gasteiger partial charge in [-0.05, 0) is 49.2 Å². The minimum absolute atomic E-state index is 0.0651. The lowest BCUT2D eigenvalue weighted by atomic mass is 9.76. The van der Waals surface area contributed by atoms with Crippen LogP contribution in [0.5, 0.6) is 11.5 Å². The lowest BCUT2D eigenvalue weighted by molar-refractivity contribution is -0.137. The molecule has 0 fully saturated rings. The van der Waals surface area contributed by atoms with E-state index in [0.29, 0.717) is 47.6 Å². The van der Waals surface area contributed by atoms with Gasteiger partial charge in [-0.15, -0.1) is 0 Å². The van der Waals surface area contributed by atoms with Crippen LogP contribution in [0.15, 0.2) is 53.7 Å². The quantitative estimate of drug-likeness (QED) is 0.645. The second-order valence-corrected chi connectivity index (χ2v) is 7.78. The number of carbonyl (C=O) groups is 2. The van der Waals surface area contributed by atoms with Crippen molar-refractivity contribution in [1.29, 1.82) is 0 Å². The van der Waals surface area contributed by atoms with Crippen molar-refractivity contribution in [3.8, 4) is 11.5 Å². The largest absolute Gasteiger partial charge is 0.497 e. The van der Waals surface area contributed by atoms with Crippen LogP contribution in [-0.2, 0) is 15.8 Å². The predicted molar refractivity (Wildman–Crippen MR) is 112 cm³/mol. The zero-order valence-corrected chi connectivity index (χ0v) is 17.7. The minimum Gasteiger partial charge on any atom is -0.497 e. The summed E-state index contributed by atoms with van der Waals surface area (Å²) in [4.78, 5) is 27.6. The van der Waals surface area contributed by atoms with Crippen LogP contribution in [0.2, 0.25) is 0 Å². The van der Waals surface area contributed by atoms with E-state index < -0.39 is 17.7 Å². The fourth-order valence-corrected chi connectivity index (χ4v) is 4.49. The van der Waals surface area contributed by atoms with E-state index in [4.69, 9.17) is 9.47 Å². The summed E-state index contributed by atoms with van der Waals surface area (Å²) in [5.74, 6) is 0.0379. The Morgan fingerprint density at radius 1 is 1.00 bits per heavy atom. The van der Waals surface area contributed by atoms with E-state index in [1.165, 1.54) is 31.3 Å². The smallest absolute Gasteiger partial charge is 0.416 e. The summed E-state index contributed by atoms with van der Waals surface area (Å²) < 4.78 is 50.6. The first-order valence-corrected chi connectivity index (χ1v) is 10.2. The van der Waals surface area contributed by atoms with Gasteiger partial charge in [0.25, 0.3) is 0 Å². The number of hydrogen-bond donors (Lipinski definition) is 0. The molecule has 2 aromatic rings. The zero-order valence-electron chi connectivity index (χ0n) is 17.7. The summed E-state index contributed by atoms with van der Waals surface area (Å²) in [7, 11) is 3.02. The molecule has 0 saturated carbocycles. The molecule has 5 nitrogen and oxygen atoms in total. The van der Waals surface area contributed by atoms with Crippen molar-refractivity contribution in [2.45, 2.75) is 37.8 Å². The summed E-state index contributed by atoms with van der Waals surface area (Å²) >= 11 is 0. The molecule has 0 saturated heterocycles. The van der Waals surface area contributed by atoms with E-state index in [-0.39, 0.29) is 23.8 Å². The van der Waals surface area contributed by atoms with E-state index >= 15 is 0 Å². The number of halogens is 3. The number of hydrogen-bond acceptors (Lipinski definition) is 4. The summed E-state index contributed by atoms with van der Waals surface area (Å²) in [6.45, 7) is 0. The number of ketones is 1. The highest BCUT2D eigenvalue weighted by molar-refractivity contribution is 6.07. The van der Waals surface area contributed by atoms with E-state index in [9.17, 15) is 22.8 Å². The number of rotatable bonds is 4. The van der Waals surface area contributed by atoms with Crippen molar-refractivity contribution in [3.05, 3.63) is 64.9 Å². The molecule has 0 bridgehead atoms. The first-order chi connectivity index (χ1) is 15.2. The summed E-state index contributed by atoms with van der Waals surface area (Å²) in [5, 5.41) is 0.